The molecule has 1 unspecified atom stereocenters. The van der Waals surface area contributed by atoms with E-state index in [4.69, 9.17) is 20.1 Å². The third kappa shape index (κ3) is 25.4. The summed E-state index contributed by atoms with van der Waals surface area (Å²) < 4.78 is 0. The zero-order valence-electron chi connectivity index (χ0n) is 26.4. The van der Waals surface area contributed by atoms with Gasteiger partial charge in [-0.3, -0.25) is 38.4 Å². The second-order valence-corrected chi connectivity index (χ2v) is 10.1. The number of ketones is 1. The molecule has 1 aromatic rings. The average Bonchev–Trinajstić information content (AvgIpc) is 2.95. The Morgan fingerprint density at radius 2 is 1.29 bits per heavy atom. The van der Waals surface area contributed by atoms with Gasteiger partial charge in [-0.2, -0.15) is 0 Å². The summed E-state index contributed by atoms with van der Waals surface area (Å²) in [5, 5.41) is 33.5. The van der Waals surface area contributed by atoms with Crippen LogP contribution in [0.25, 0.3) is 0 Å². The Morgan fingerprint density at radius 3 is 1.76 bits per heavy atom. The summed E-state index contributed by atoms with van der Waals surface area (Å²) in [4.78, 5) is 89.6. The second-order valence-electron chi connectivity index (χ2n) is 10.1. The van der Waals surface area contributed by atoms with Crippen molar-refractivity contribution >= 4 is 47.3 Å². The lowest BCUT2D eigenvalue weighted by molar-refractivity contribution is -0.140. The minimum Gasteiger partial charge on any atom is -0.481 e. The highest BCUT2D eigenvalue weighted by molar-refractivity contribution is 5.94. The van der Waals surface area contributed by atoms with Gasteiger partial charge in [0.15, 0.2) is 5.78 Å². The Balaban J connectivity index is 0. The third-order valence-electron chi connectivity index (χ3n) is 5.54. The van der Waals surface area contributed by atoms with Crippen LogP contribution in [0.3, 0.4) is 0 Å². The number of carboxylic acids is 3. The van der Waals surface area contributed by atoms with Gasteiger partial charge in [0, 0.05) is 26.7 Å². The maximum absolute atomic E-state index is 12.6. The number of carboxylic acid groups (broad SMARTS) is 3. The van der Waals surface area contributed by atoms with E-state index in [1.165, 1.54) is 5.56 Å². The smallest absolute Gasteiger partial charge is 0.305 e. The molecule has 7 N–H and O–H groups in total. The first-order chi connectivity index (χ1) is 21.0. The van der Waals surface area contributed by atoms with Gasteiger partial charge in [0.2, 0.25) is 23.6 Å². The summed E-state index contributed by atoms with van der Waals surface area (Å²) in [6, 6.07) is 7.67. The molecular weight excluding hydrogens is 592 g/mol. The van der Waals surface area contributed by atoms with Crippen molar-refractivity contribution in [3.63, 3.8) is 0 Å². The Hall–Kier alpha value is -4.82. The van der Waals surface area contributed by atoms with Crippen LogP contribution in [-0.4, -0.2) is 87.8 Å². The number of rotatable bonds is 17. The van der Waals surface area contributed by atoms with Crippen LogP contribution in [0.5, 0.6) is 0 Å². The molecule has 1 aromatic carbocycles. The van der Waals surface area contributed by atoms with E-state index in [0.29, 0.717) is 12.8 Å². The van der Waals surface area contributed by atoms with Crippen LogP contribution in [0.15, 0.2) is 30.3 Å². The molecule has 45 heavy (non-hydrogen) atoms. The molecule has 0 fully saturated rings. The molecule has 0 aromatic heterocycles. The number of benzene rings is 1. The molecule has 0 heterocycles. The fraction of sp³-hybridized carbons (Fsp3) is 0.533. The number of nitrogens with one attached hydrogen (secondary N) is 4. The predicted molar refractivity (Wildman–Crippen MR) is 163 cm³/mol. The molecule has 0 aliphatic rings. The van der Waals surface area contributed by atoms with Crippen molar-refractivity contribution < 1.29 is 53.7 Å². The molecule has 0 aliphatic heterocycles. The fourth-order valence-electron chi connectivity index (χ4n) is 3.36. The maximum atomic E-state index is 12.6. The van der Waals surface area contributed by atoms with Crippen molar-refractivity contribution in [2.45, 2.75) is 85.2 Å². The summed E-state index contributed by atoms with van der Waals surface area (Å²) in [6.07, 6.45) is 2.35. The molecule has 0 spiro atoms. The molecule has 0 saturated heterocycles. The lowest BCUT2D eigenvalue weighted by Crippen LogP contribution is -2.54. The molecule has 15 heteroatoms. The number of unbranched alkanes of at least 4 members (excludes halogenated alkanes) is 1. The Labute approximate surface area is 262 Å². The van der Waals surface area contributed by atoms with Crippen molar-refractivity contribution in [1.29, 1.82) is 0 Å². The SMILES string of the molecule is CC(=O)N[C@@H](CC(=O)O)C(=O)NCC(=O)NC(C(=O)NCC(=O)CCCCc1ccccc1)C(C)C.CC(=O)O.CCC(=O)O. The number of carbonyl (C=O) groups excluding carboxylic acids is 5. The third-order valence-corrected chi connectivity index (χ3v) is 5.54. The molecule has 0 saturated carbocycles. The standard InChI is InChI=1S/C25H36N4O7.C3H6O2.C2H4O2/c1-16(2)23(29-21(32)15-27-24(35)20(13-22(33)34)28-17(3)30)25(36)26-14-19(31)12-8-7-11-18-9-5-4-6-10-18;1-2-3(4)5;1-2(3)4/h4-6,9-10,16,20,23H,7-8,11-15H2,1-3H3,(H,26,36)(H,27,35)(H,28,30)(H,29,32)(H,33,34);2H2,1H3,(H,4,5);1H3,(H,3,4)/t20-,23?;;/m0../s1. The van der Waals surface area contributed by atoms with Gasteiger partial charge in [0.25, 0.3) is 5.97 Å². The highest BCUT2D eigenvalue weighted by Crippen LogP contribution is 2.07. The number of aliphatic carboxylic acids is 3. The number of Topliss-reactive ketones (excluding diaryl/α,β-unsaturated/α-hetero) is 1. The van der Waals surface area contributed by atoms with Gasteiger partial charge in [-0.05, 0) is 30.7 Å². The van der Waals surface area contributed by atoms with E-state index in [9.17, 15) is 33.6 Å². The van der Waals surface area contributed by atoms with Crippen LogP contribution in [0.1, 0.15) is 72.3 Å². The molecule has 252 valence electrons. The number of hydrogen-bond acceptors (Lipinski definition) is 8. The Bertz CT molecular complexity index is 1100. The predicted octanol–water partition coefficient (Wildman–Crippen LogP) is 0.893. The van der Waals surface area contributed by atoms with E-state index in [-0.39, 0.29) is 24.7 Å². The molecule has 2 atom stereocenters. The van der Waals surface area contributed by atoms with Gasteiger partial charge in [-0.25, -0.2) is 0 Å². The second kappa shape index (κ2) is 24.6. The largest absolute Gasteiger partial charge is 0.481 e. The molecule has 15 nitrogen and oxygen atoms in total. The van der Waals surface area contributed by atoms with Gasteiger partial charge < -0.3 is 36.6 Å². The van der Waals surface area contributed by atoms with Gasteiger partial charge in [-0.15, -0.1) is 0 Å². The summed E-state index contributed by atoms with van der Waals surface area (Å²) in [7, 11) is 0. The maximum Gasteiger partial charge on any atom is 0.305 e. The van der Waals surface area contributed by atoms with Crippen molar-refractivity contribution in [2.24, 2.45) is 5.92 Å². The zero-order chi connectivity index (χ0) is 34.9. The lowest BCUT2D eigenvalue weighted by atomic mass is 10.0. The topological polar surface area (TPSA) is 245 Å². The van der Waals surface area contributed by atoms with Gasteiger partial charge in [0.1, 0.15) is 12.1 Å². The van der Waals surface area contributed by atoms with Gasteiger partial charge in [-0.1, -0.05) is 51.1 Å². The lowest BCUT2D eigenvalue weighted by Gasteiger charge is -2.22. The number of amides is 4. The molecular formula is C30H46N4O11. The number of hydrogen-bond donors (Lipinski definition) is 7. The van der Waals surface area contributed by atoms with Crippen molar-refractivity contribution in [3.8, 4) is 0 Å². The van der Waals surface area contributed by atoms with Crippen LogP contribution < -0.4 is 21.3 Å². The zero-order valence-corrected chi connectivity index (χ0v) is 26.4. The van der Waals surface area contributed by atoms with Crippen LogP contribution >= 0.6 is 0 Å². The van der Waals surface area contributed by atoms with E-state index in [2.05, 4.69) is 21.3 Å². The molecule has 0 bridgehead atoms. The number of carbonyl (C=O) groups is 8. The summed E-state index contributed by atoms with van der Waals surface area (Å²) in [5.74, 6) is -5.93. The van der Waals surface area contributed by atoms with E-state index in [0.717, 1.165) is 26.7 Å². The summed E-state index contributed by atoms with van der Waals surface area (Å²) in [5.41, 5.74) is 1.21. The molecule has 0 aliphatic carbocycles. The quantitative estimate of drug-likeness (QED) is 0.118. The summed E-state index contributed by atoms with van der Waals surface area (Å²) >= 11 is 0. The minimum atomic E-state index is -1.34. The van der Waals surface area contributed by atoms with Crippen molar-refractivity contribution in [1.82, 2.24) is 21.3 Å². The number of aryl methyl sites for hydroxylation is 1. The van der Waals surface area contributed by atoms with Crippen LogP contribution in [-0.2, 0) is 44.8 Å². The van der Waals surface area contributed by atoms with Crippen molar-refractivity contribution in [3.05, 3.63) is 35.9 Å². The molecule has 1 rings (SSSR count). The first-order valence-corrected chi connectivity index (χ1v) is 14.3. The van der Waals surface area contributed by atoms with Crippen LogP contribution in [0.2, 0.25) is 0 Å². The van der Waals surface area contributed by atoms with Gasteiger partial charge in [0.05, 0.1) is 19.5 Å². The Kier molecular flexibility index (Phi) is 23.1. The first-order valence-electron chi connectivity index (χ1n) is 14.3. The molecule has 0 radical (unpaired) electrons. The van der Waals surface area contributed by atoms with Crippen molar-refractivity contribution in [2.75, 3.05) is 13.1 Å². The van der Waals surface area contributed by atoms with Crippen LogP contribution in [0.4, 0.5) is 0 Å². The van der Waals surface area contributed by atoms with E-state index in [1.807, 2.05) is 30.3 Å². The molecule has 4 amide bonds. The minimum absolute atomic E-state index is 0.111. The van der Waals surface area contributed by atoms with Gasteiger partial charge >= 0.3 is 11.9 Å². The summed E-state index contributed by atoms with van der Waals surface area (Å²) in [6.45, 7) is 6.58. The van der Waals surface area contributed by atoms with E-state index >= 15 is 0 Å². The fourth-order valence-corrected chi connectivity index (χ4v) is 3.36. The highest BCUT2D eigenvalue weighted by Gasteiger charge is 2.26. The highest BCUT2D eigenvalue weighted by atomic mass is 16.4. The van der Waals surface area contributed by atoms with E-state index in [1.54, 1.807) is 20.8 Å². The monoisotopic (exact) mass is 638 g/mol. The normalized spacial score (nSPS) is 11.2. The van der Waals surface area contributed by atoms with Crippen LogP contribution in [0, 0.1) is 5.92 Å². The van der Waals surface area contributed by atoms with E-state index < -0.39 is 66.6 Å². The Morgan fingerprint density at radius 1 is 0.756 bits per heavy atom. The first kappa shape index (κ1) is 42.3. The average molecular weight is 639 g/mol.